The van der Waals surface area contributed by atoms with Gasteiger partial charge in [-0.1, -0.05) is 19.9 Å². The first-order valence-corrected chi connectivity index (χ1v) is 4.92. The number of rotatable bonds is 0. The van der Waals surface area contributed by atoms with Crippen LogP contribution < -0.4 is 0 Å². The van der Waals surface area contributed by atoms with Crippen LogP contribution in [-0.2, 0) is 0 Å². The number of hydrogen-bond donors (Lipinski definition) is 0. The van der Waals surface area contributed by atoms with Gasteiger partial charge in [0.1, 0.15) is 0 Å². The zero-order valence-corrected chi connectivity index (χ0v) is 12.8. The first-order chi connectivity index (χ1) is 5.79. The van der Waals surface area contributed by atoms with Crippen molar-refractivity contribution in [1.82, 2.24) is 10.0 Å². The predicted molar refractivity (Wildman–Crippen MR) is 62.9 cm³/mol. The monoisotopic (exact) mass is 205 g/mol. The fraction of sp³-hybridized carbons (Fsp3) is 0.818. The van der Waals surface area contributed by atoms with Crippen LogP contribution >= 0.6 is 0 Å². The Morgan fingerprint density at radius 1 is 1.07 bits per heavy atom. The van der Waals surface area contributed by atoms with Crippen LogP contribution in [0.2, 0.25) is 0 Å². The molecule has 0 aromatic rings. The molecule has 0 bridgehead atoms. The summed E-state index contributed by atoms with van der Waals surface area (Å²) < 4.78 is 0. The molecule has 0 saturated carbocycles. The van der Waals surface area contributed by atoms with Gasteiger partial charge < -0.3 is 5.01 Å². The Balaban J connectivity index is 0.00000169. The molecule has 0 amide bonds. The molecule has 0 unspecified atom stereocenters. The Bertz CT molecular complexity index is 221. The molecule has 1 radical (unpaired) electrons. The zero-order valence-electron chi connectivity index (χ0n) is 10.8. The molecular formula is C11H22N2Na. The average molecular weight is 205 g/mol. The van der Waals surface area contributed by atoms with Crippen LogP contribution in [0.15, 0.2) is 12.3 Å². The van der Waals surface area contributed by atoms with Crippen molar-refractivity contribution >= 4 is 29.6 Å². The van der Waals surface area contributed by atoms with Crippen LogP contribution in [0, 0.1) is 5.41 Å². The quantitative estimate of drug-likeness (QED) is 0.559. The van der Waals surface area contributed by atoms with Crippen molar-refractivity contribution in [3.63, 3.8) is 0 Å². The second-order valence-corrected chi connectivity index (χ2v) is 5.13. The van der Waals surface area contributed by atoms with E-state index in [0.717, 1.165) is 6.42 Å². The summed E-state index contributed by atoms with van der Waals surface area (Å²) in [4.78, 5) is 0. The van der Waals surface area contributed by atoms with E-state index in [1.165, 1.54) is 0 Å². The first-order valence-electron chi connectivity index (χ1n) is 4.92. The Kier molecular flexibility index (Phi) is 4.73. The van der Waals surface area contributed by atoms with Gasteiger partial charge >= 0.3 is 0 Å². The summed E-state index contributed by atoms with van der Waals surface area (Å²) >= 11 is 0. The normalized spacial score (nSPS) is 25.4. The second kappa shape index (κ2) is 4.56. The van der Waals surface area contributed by atoms with E-state index in [2.05, 4.69) is 64.1 Å². The standard InChI is InChI=1S/C11H22N2.Na/c1-10(2)8-7-9-12(5)13(6)11(10,3)4;/h7,9H,8H2,1-6H3;. The van der Waals surface area contributed by atoms with E-state index in [0.29, 0.717) is 5.41 Å². The number of allylic oxidation sites excluding steroid dienone is 1. The minimum atomic E-state index is 0. The number of nitrogens with zero attached hydrogens (tertiary/aromatic N) is 2. The van der Waals surface area contributed by atoms with Gasteiger partial charge in [-0.2, -0.15) is 0 Å². The molecule has 0 aliphatic carbocycles. The molecule has 1 aliphatic rings. The smallest absolute Gasteiger partial charge is 0.0398 e. The SMILES string of the molecule is CN1C=CCC(C)(C)C(C)(C)N1C.[Na]. The third-order valence-electron chi connectivity index (χ3n) is 3.89. The van der Waals surface area contributed by atoms with E-state index in [1.54, 1.807) is 0 Å². The Morgan fingerprint density at radius 2 is 1.57 bits per heavy atom. The van der Waals surface area contributed by atoms with E-state index in [-0.39, 0.29) is 35.1 Å². The van der Waals surface area contributed by atoms with Gasteiger partial charge in [0.05, 0.1) is 0 Å². The van der Waals surface area contributed by atoms with E-state index in [1.807, 2.05) is 0 Å². The summed E-state index contributed by atoms with van der Waals surface area (Å²) in [6, 6.07) is 0. The van der Waals surface area contributed by atoms with Crippen LogP contribution in [-0.4, -0.2) is 59.2 Å². The van der Waals surface area contributed by atoms with Gasteiger partial charge in [0, 0.05) is 55.4 Å². The van der Waals surface area contributed by atoms with Crippen LogP contribution in [0.4, 0.5) is 0 Å². The van der Waals surface area contributed by atoms with Gasteiger partial charge in [-0.15, -0.1) is 0 Å². The topological polar surface area (TPSA) is 6.48 Å². The summed E-state index contributed by atoms with van der Waals surface area (Å²) in [5.41, 5.74) is 0.494. The summed E-state index contributed by atoms with van der Waals surface area (Å²) in [6.07, 6.45) is 5.54. The molecule has 0 saturated heterocycles. The molecule has 77 valence electrons. The fourth-order valence-electron chi connectivity index (χ4n) is 1.68. The molecule has 1 heterocycles. The summed E-state index contributed by atoms with van der Waals surface area (Å²) in [5, 5.41) is 4.46. The van der Waals surface area contributed by atoms with Crippen LogP contribution in [0.5, 0.6) is 0 Å². The minimum Gasteiger partial charge on any atom is -0.316 e. The third kappa shape index (κ3) is 2.35. The van der Waals surface area contributed by atoms with Crippen molar-refractivity contribution in [2.75, 3.05) is 14.1 Å². The maximum Gasteiger partial charge on any atom is 0.0398 e. The molecule has 0 aromatic carbocycles. The van der Waals surface area contributed by atoms with E-state index < -0.39 is 0 Å². The summed E-state index contributed by atoms with van der Waals surface area (Å²) in [6.45, 7) is 9.26. The Morgan fingerprint density at radius 3 is 2.07 bits per heavy atom. The van der Waals surface area contributed by atoms with Crippen LogP contribution in [0.25, 0.3) is 0 Å². The molecule has 3 heteroatoms. The van der Waals surface area contributed by atoms with Crippen molar-refractivity contribution < 1.29 is 0 Å². The maximum absolute atomic E-state index is 2.33. The largest absolute Gasteiger partial charge is 0.316 e. The zero-order chi connectivity index (χ0) is 10.3. The molecule has 0 atom stereocenters. The molecule has 0 N–H and O–H groups in total. The van der Waals surface area contributed by atoms with Crippen molar-refractivity contribution in [1.29, 1.82) is 0 Å². The van der Waals surface area contributed by atoms with Gasteiger partial charge in [0.25, 0.3) is 0 Å². The Hall–Kier alpha value is 0.500. The first kappa shape index (κ1) is 14.5. The average Bonchev–Trinajstić information content (AvgIpc) is 2.05. The van der Waals surface area contributed by atoms with Crippen LogP contribution in [0.1, 0.15) is 34.1 Å². The molecule has 0 spiro atoms. The number of hydrazine groups is 1. The van der Waals surface area contributed by atoms with Crippen molar-refractivity contribution in [3.8, 4) is 0 Å². The van der Waals surface area contributed by atoms with Crippen molar-refractivity contribution in [2.45, 2.75) is 39.7 Å². The second-order valence-electron chi connectivity index (χ2n) is 5.13. The fourth-order valence-corrected chi connectivity index (χ4v) is 1.68. The van der Waals surface area contributed by atoms with E-state index in [9.17, 15) is 0 Å². The van der Waals surface area contributed by atoms with Gasteiger partial charge in [0.15, 0.2) is 0 Å². The third-order valence-corrected chi connectivity index (χ3v) is 3.89. The molecule has 0 fully saturated rings. The number of hydrogen-bond acceptors (Lipinski definition) is 2. The molecule has 0 aromatic heterocycles. The van der Waals surface area contributed by atoms with Crippen LogP contribution in [0.3, 0.4) is 0 Å². The van der Waals surface area contributed by atoms with Gasteiger partial charge in [-0.3, -0.25) is 0 Å². The van der Waals surface area contributed by atoms with Gasteiger partial charge in [0.2, 0.25) is 0 Å². The van der Waals surface area contributed by atoms with E-state index in [4.69, 9.17) is 0 Å². The minimum absolute atomic E-state index is 0. The molecule has 2 nitrogen and oxygen atoms in total. The summed E-state index contributed by atoms with van der Waals surface area (Å²) in [7, 11) is 4.25. The van der Waals surface area contributed by atoms with E-state index >= 15 is 0 Å². The molecule has 1 rings (SSSR count). The van der Waals surface area contributed by atoms with Crippen molar-refractivity contribution in [2.24, 2.45) is 5.41 Å². The van der Waals surface area contributed by atoms with Crippen molar-refractivity contribution in [3.05, 3.63) is 12.3 Å². The Labute approximate surface area is 111 Å². The maximum atomic E-state index is 2.33. The predicted octanol–water partition coefficient (Wildman–Crippen LogP) is 2.11. The molecular weight excluding hydrogens is 183 g/mol. The van der Waals surface area contributed by atoms with Gasteiger partial charge in [-0.25, -0.2) is 5.01 Å². The molecule has 14 heavy (non-hydrogen) atoms. The molecule has 1 aliphatic heterocycles. The summed E-state index contributed by atoms with van der Waals surface area (Å²) in [5.74, 6) is 0. The van der Waals surface area contributed by atoms with Gasteiger partial charge in [-0.05, 0) is 25.7 Å².